The van der Waals surface area contributed by atoms with Gasteiger partial charge in [0.05, 0.1) is 25.8 Å². The van der Waals surface area contributed by atoms with Gasteiger partial charge in [0.1, 0.15) is 11.5 Å². The topological polar surface area (TPSA) is 71.6 Å². The fraction of sp³-hybridized carbons (Fsp3) is 0.273. The summed E-state index contributed by atoms with van der Waals surface area (Å²) in [5, 5.41) is 9.68. The van der Waals surface area contributed by atoms with E-state index in [0.29, 0.717) is 27.9 Å². The van der Waals surface area contributed by atoms with E-state index >= 15 is 0 Å². The van der Waals surface area contributed by atoms with Crippen molar-refractivity contribution in [3.63, 3.8) is 0 Å². The van der Waals surface area contributed by atoms with Crippen LogP contribution in [-0.4, -0.2) is 25.2 Å². The number of ether oxygens (including phenoxy) is 2. The third kappa shape index (κ3) is 4.35. The van der Waals surface area contributed by atoms with Gasteiger partial charge in [0.2, 0.25) is 0 Å². The van der Waals surface area contributed by atoms with E-state index in [4.69, 9.17) is 21.7 Å². The molecule has 1 amide bonds. The van der Waals surface area contributed by atoms with Gasteiger partial charge in [-0.2, -0.15) is 0 Å². The molecule has 7 heteroatoms. The molecule has 2 aromatic rings. The molecule has 0 radical (unpaired) electrons. The molecule has 0 saturated heterocycles. The fourth-order valence-electron chi connectivity index (χ4n) is 3.31. The quantitative estimate of drug-likeness (QED) is 0.651. The molecule has 29 heavy (non-hydrogen) atoms. The van der Waals surface area contributed by atoms with Gasteiger partial charge >= 0.3 is 0 Å². The predicted molar refractivity (Wildman–Crippen MR) is 118 cm³/mol. The Morgan fingerprint density at radius 2 is 1.79 bits per heavy atom. The molecule has 152 valence electrons. The number of carbonyl (C=O) groups is 1. The number of aryl methyl sites for hydroxylation is 2. The second-order valence-electron chi connectivity index (χ2n) is 6.93. The molecule has 1 unspecified atom stereocenters. The van der Waals surface area contributed by atoms with Crippen LogP contribution in [0.15, 0.2) is 47.7 Å². The van der Waals surface area contributed by atoms with Crippen molar-refractivity contribution in [1.29, 1.82) is 0 Å². The number of methoxy groups -OCH3 is 2. The average Bonchev–Trinajstić information content (AvgIpc) is 2.69. The summed E-state index contributed by atoms with van der Waals surface area (Å²) in [6.07, 6.45) is 0. The van der Waals surface area contributed by atoms with Crippen LogP contribution in [0.5, 0.6) is 11.5 Å². The molecule has 0 aromatic heterocycles. The van der Waals surface area contributed by atoms with Crippen molar-refractivity contribution in [3.8, 4) is 11.5 Å². The maximum atomic E-state index is 13.3. The Kier molecular flexibility index (Phi) is 6.08. The predicted octanol–water partition coefficient (Wildman–Crippen LogP) is 3.75. The normalized spacial score (nSPS) is 16.0. The van der Waals surface area contributed by atoms with Crippen LogP contribution in [0, 0.1) is 13.8 Å². The number of benzene rings is 2. The lowest BCUT2D eigenvalue weighted by atomic mass is 9.93. The Hall–Kier alpha value is -3.06. The van der Waals surface area contributed by atoms with Gasteiger partial charge in [-0.1, -0.05) is 6.07 Å². The van der Waals surface area contributed by atoms with Crippen LogP contribution in [-0.2, 0) is 4.79 Å². The van der Waals surface area contributed by atoms with E-state index in [-0.39, 0.29) is 5.91 Å². The lowest BCUT2D eigenvalue weighted by Gasteiger charge is -2.31. The van der Waals surface area contributed by atoms with Crippen LogP contribution in [0.3, 0.4) is 0 Å². The summed E-state index contributed by atoms with van der Waals surface area (Å²) < 4.78 is 10.9. The number of carbonyl (C=O) groups excluding carboxylic acids is 1. The highest BCUT2D eigenvalue weighted by Gasteiger charge is 2.32. The summed E-state index contributed by atoms with van der Waals surface area (Å²) in [5.41, 5.74) is 5.00. The molecule has 1 atom stereocenters. The van der Waals surface area contributed by atoms with Crippen LogP contribution < -0.4 is 25.4 Å². The van der Waals surface area contributed by atoms with Gasteiger partial charge < -0.3 is 25.4 Å². The highest BCUT2D eigenvalue weighted by Crippen LogP contribution is 2.36. The number of anilines is 1. The fourth-order valence-corrected chi connectivity index (χ4v) is 3.58. The molecule has 0 fully saturated rings. The molecule has 0 saturated carbocycles. The molecule has 0 bridgehead atoms. The number of hydrogen-bond acceptors (Lipinski definition) is 4. The molecule has 1 aliphatic heterocycles. The Balaban J connectivity index is 2.02. The summed E-state index contributed by atoms with van der Waals surface area (Å²) in [5.74, 6) is 1.08. The first-order valence-corrected chi connectivity index (χ1v) is 9.63. The van der Waals surface area contributed by atoms with Crippen LogP contribution in [0.1, 0.15) is 29.7 Å². The summed E-state index contributed by atoms with van der Waals surface area (Å²) in [7, 11) is 3.19. The molecule has 3 N–H and O–H groups in total. The molecule has 2 aromatic carbocycles. The Bertz CT molecular complexity index is 1000. The van der Waals surface area contributed by atoms with Gasteiger partial charge in [-0.3, -0.25) is 4.79 Å². The van der Waals surface area contributed by atoms with E-state index in [0.717, 1.165) is 16.8 Å². The van der Waals surface area contributed by atoms with Gasteiger partial charge in [0.25, 0.3) is 5.91 Å². The molecule has 6 nitrogen and oxygen atoms in total. The first kappa shape index (κ1) is 20.7. The number of hydrogen-bond donors (Lipinski definition) is 3. The van der Waals surface area contributed by atoms with Crippen molar-refractivity contribution in [1.82, 2.24) is 10.6 Å². The van der Waals surface area contributed by atoms with Crippen molar-refractivity contribution in [2.75, 3.05) is 19.5 Å². The molecule has 1 heterocycles. The molecule has 0 spiro atoms. The molecular weight excluding hydrogens is 386 g/mol. The zero-order valence-electron chi connectivity index (χ0n) is 17.2. The minimum Gasteiger partial charge on any atom is -0.497 e. The smallest absolute Gasteiger partial charge is 0.255 e. The molecule has 3 rings (SSSR count). The van der Waals surface area contributed by atoms with Gasteiger partial charge in [0.15, 0.2) is 5.11 Å². The van der Waals surface area contributed by atoms with Crippen LogP contribution in [0.25, 0.3) is 0 Å². The second-order valence-corrected chi connectivity index (χ2v) is 7.34. The van der Waals surface area contributed by atoms with Crippen molar-refractivity contribution in [2.45, 2.75) is 26.8 Å². The van der Waals surface area contributed by atoms with E-state index in [9.17, 15) is 4.79 Å². The van der Waals surface area contributed by atoms with Gasteiger partial charge in [0, 0.05) is 16.9 Å². The highest BCUT2D eigenvalue weighted by molar-refractivity contribution is 7.80. The maximum Gasteiger partial charge on any atom is 0.255 e. The number of rotatable bonds is 5. The van der Waals surface area contributed by atoms with Crippen molar-refractivity contribution >= 4 is 28.9 Å². The highest BCUT2D eigenvalue weighted by atomic mass is 32.1. The molecular formula is C22H25N3O3S. The third-order valence-electron chi connectivity index (χ3n) is 5.03. The Morgan fingerprint density at radius 3 is 2.45 bits per heavy atom. The van der Waals surface area contributed by atoms with Crippen LogP contribution in [0.2, 0.25) is 0 Å². The van der Waals surface area contributed by atoms with Gasteiger partial charge in [-0.25, -0.2) is 0 Å². The molecule has 1 aliphatic rings. The van der Waals surface area contributed by atoms with E-state index < -0.39 is 6.04 Å². The summed E-state index contributed by atoms with van der Waals surface area (Å²) in [6.45, 7) is 5.89. The van der Waals surface area contributed by atoms with E-state index in [1.54, 1.807) is 14.2 Å². The van der Waals surface area contributed by atoms with Gasteiger partial charge in [-0.15, -0.1) is 0 Å². The summed E-state index contributed by atoms with van der Waals surface area (Å²) in [6, 6.07) is 10.8. The monoisotopic (exact) mass is 411 g/mol. The number of nitrogens with one attached hydrogen (secondary N) is 3. The van der Waals surface area contributed by atoms with Crippen molar-refractivity contribution in [3.05, 3.63) is 64.4 Å². The van der Waals surface area contributed by atoms with E-state index in [1.807, 2.05) is 57.2 Å². The largest absolute Gasteiger partial charge is 0.497 e. The van der Waals surface area contributed by atoms with Gasteiger partial charge in [-0.05, 0) is 74.4 Å². The first-order valence-electron chi connectivity index (χ1n) is 9.23. The maximum absolute atomic E-state index is 13.3. The van der Waals surface area contributed by atoms with Crippen LogP contribution >= 0.6 is 12.2 Å². The number of thiocarbonyl (C=S) groups is 1. The van der Waals surface area contributed by atoms with E-state index in [1.165, 1.54) is 5.56 Å². The Labute approximate surface area is 176 Å². The van der Waals surface area contributed by atoms with Crippen molar-refractivity contribution in [2.24, 2.45) is 0 Å². The summed E-state index contributed by atoms with van der Waals surface area (Å²) >= 11 is 5.34. The van der Waals surface area contributed by atoms with Crippen molar-refractivity contribution < 1.29 is 14.3 Å². The second kappa shape index (κ2) is 8.53. The van der Waals surface area contributed by atoms with Crippen LogP contribution in [0.4, 0.5) is 5.69 Å². The minimum atomic E-state index is -0.486. The number of allylic oxidation sites excluding steroid dienone is 1. The summed E-state index contributed by atoms with van der Waals surface area (Å²) in [4.78, 5) is 13.3. The average molecular weight is 412 g/mol. The zero-order chi connectivity index (χ0) is 21.1. The lowest BCUT2D eigenvalue weighted by Crippen LogP contribution is -2.45. The third-order valence-corrected chi connectivity index (χ3v) is 5.25. The lowest BCUT2D eigenvalue weighted by molar-refractivity contribution is -0.113. The standard InChI is InChI=1S/C22H25N3O3S/c1-12-6-7-15(10-13(12)2)24-21(26)19-14(3)23-22(29)25-20(19)17-11-16(27-4)8-9-18(17)28-5/h6-11,20H,1-5H3,(H,24,26)(H2,23,25,29). The Morgan fingerprint density at radius 1 is 1.03 bits per heavy atom. The molecule has 0 aliphatic carbocycles. The number of amides is 1. The minimum absolute atomic E-state index is 0.219. The van der Waals surface area contributed by atoms with E-state index in [2.05, 4.69) is 16.0 Å². The zero-order valence-corrected chi connectivity index (χ0v) is 18.0. The SMILES string of the molecule is COc1ccc(OC)c(C2NC(=S)NC(C)=C2C(=O)Nc2ccc(C)c(C)c2)c1. The first-order chi connectivity index (χ1) is 13.8.